The van der Waals surface area contributed by atoms with E-state index < -0.39 is 10.0 Å². The molecule has 0 spiro atoms. The van der Waals surface area contributed by atoms with Gasteiger partial charge in [-0.2, -0.15) is 0 Å². The molecule has 1 N–H and O–H groups in total. The molecule has 4 heteroatoms. The van der Waals surface area contributed by atoms with Gasteiger partial charge in [0.05, 0.1) is 4.91 Å². The molecule has 0 saturated heterocycles. The van der Waals surface area contributed by atoms with E-state index in [2.05, 4.69) is 24.6 Å². The van der Waals surface area contributed by atoms with Gasteiger partial charge in [-0.3, -0.25) is 0 Å². The Balaban J connectivity index is 1.81. The molecule has 120 valence electrons. The highest BCUT2D eigenvalue weighted by atomic mass is 32.2. The lowest BCUT2D eigenvalue weighted by Crippen LogP contribution is -2.44. The molecule has 3 nitrogen and oxygen atoms in total. The molecule has 0 aromatic heterocycles. The molecule has 0 radical (unpaired) electrons. The minimum atomic E-state index is -3.37. The summed E-state index contributed by atoms with van der Waals surface area (Å²) in [6.07, 6.45) is 6.52. The maximum atomic E-state index is 12.7. The lowest BCUT2D eigenvalue weighted by molar-refractivity contribution is 0.227. The van der Waals surface area contributed by atoms with E-state index in [-0.39, 0.29) is 6.04 Å². The van der Waals surface area contributed by atoms with Crippen LogP contribution in [-0.4, -0.2) is 14.5 Å². The molecule has 0 bridgehead atoms. The molecule has 3 atom stereocenters. The van der Waals surface area contributed by atoms with Crippen molar-refractivity contribution < 1.29 is 8.42 Å². The second-order valence-electron chi connectivity index (χ2n) is 6.80. The molecule has 2 aliphatic carbocycles. The second-order valence-corrected chi connectivity index (χ2v) is 8.57. The van der Waals surface area contributed by atoms with E-state index in [9.17, 15) is 8.42 Å². The van der Waals surface area contributed by atoms with Crippen molar-refractivity contribution in [1.82, 2.24) is 4.72 Å². The molecular weight excluding hydrogens is 294 g/mol. The molecular formula is C18H25NO2S. The average Bonchev–Trinajstić information content (AvgIpc) is 2.51. The molecule has 0 unspecified atom stereocenters. The van der Waals surface area contributed by atoms with Crippen LogP contribution >= 0.6 is 0 Å². The number of hydrogen-bond donors (Lipinski definition) is 1. The summed E-state index contributed by atoms with van der Waals surface area (Å²) in [5.74, 6) is 0.988. The lowest BCUT2D eigenvalue weighted by Gasteiger charge is -2.34. The maximum Gasteiger partial charge on any atom is 0.236 e. The summed E-state index contributed by atoms with van der Waals surface area (Å²) in [4.78, 5) is 0.539. The van der Waals surface area contributed by atoms with Crippen LogP contribution in [0.5, 0.6) is 0 Å². The van der Waals surface area contributed by atoms with Gasteiger partial charge in [-0.1, -0.05) is 51.0 Å². The fourth-order valence-corrected chi connectivity index (χ4v) is 5.18. The molecule has 3 rings (SSSR count). The topological polar surface area (TPSA) is 46.2 Å². The number of rotatable bonds is 3. The zero-order chi connectivity index (χ0) is 15.7. The first-order valence-corrected chi connectivity index (χ1v) is 9.76. The highest BCUT2D eigenvalue weighted by molar-refractivity contribution is 7.93. The summed E-state index contributed by atoms with van der Waals surface area (Å²) in [6, 6.07) is 8.12. The maximum absolute atomic E-state index is 12.7. The Morgan fingerprint density at radius 1 is 1.09 bits per heavy atom. The number of aryl methyl sites for hydroxylation is 1. The van der Waals surface area contributed by atoms with Gasteiger partial charge in [0.25, 0.3) is 0 Å². The van der Waals surface area contributed by atoms with Gasteiger partial charge in [0, 0.05) is 6.04 Å². The summed E-state index contributed by atoms with van der Waals surface area (Å²) >= 11 is 0. The highest BCUT2D eigenvalue weighted by Gasteiger charge is 2.32. The van der Waals surface area contributed by atoms with E-state index in [1.807, 2.05) is 24.3 Å². The van der Waals surface area contributed by atoms with Gasteiger partial charge in [0.15, 0.2) is 0 Å². The molecule has 1 saturated carbocycles. The molecule has 1 fully saturated rings. The lowest BCUT2D eigenvalue weighted by atomic mass is 9.78. The van der Waals surface area contributed by atoms with E-state index in [4.69, 9.17) is 0 Å². The minimum Gasteiger partial charge on any atom is -0.208 e. The van der Waals surface area contributed by atoms with Crippen LogP contribution in [0.1, 0.15) is 50.7 Å². The van der Waals surface area contributed by atoms with Crippen LogP contribution in [0.3, 0.4) is 0 Å². The van der Waals surface area contributed by atoms with E-state index in [0.717, 1.165) is 24.8 Å². The van der Waals surface area contributed by atoms with Crippen LogP contribution in [0.25, 0.3) is 6.08 Å². The fourth-order valence-electron chi connectivity index (χ4n) is 3.64. The Bertz CT molecular complexity index is 678. The summed E-state index contributed by atoms with van der Waals surface area (Å²) in [5, 5.41) is 0. The summed E-state index contributed by atoms with van der Waals surface area (Å²) in [5.41, 5.74) is 2.28. The standard InChI is InChI=1S/C18H25NO2S/c1-13-6-5-9-18(14(13)2)19-22(20,21)17-11-10-15-7-3-4-8-16(15)12-17/h3-4,7-8,12-14,18-19H,5-6,9-11H2,1-2H3/t13-,14+,18+/m1/s1. The number of benzene rings is 1. The van der Waals surface area contributed by atoms with E-state index in [1.165, 1.54) is 12.0 Å². The van der Waals surface area contributed by atoms with Gasteiger partial charge < -0.3 is 0 Å². The number of sulfonamides is 1. The normalized spacial score (nSPS) is 28.8. The van der Waals surface area contributed by atoms with Crippen molar-refractivity contribution in [2.75, 3.05) is 0 Å². The molecule has 2 aliphatic rings. The zero-order valence-corrected chi connectivity index (χ0v) is 14.2. The third kappa shape index (κ3) is 3.13. The molecule has 0 heterocycles. The van der Waals surface area contributed by atoms with Crippen LogP contribution in [0.15, 0.2) is 29.2 Å². The first kappa shape index (κ1) is 15.8. The Labute approximate surface area is 133 Å². The Morgan fingerprint density at radius 2 is 1.86 bits per heavy atom. The number of hydrogen-bond acceptors (Lipinski definition) is 2. The molecule has 22 heavy (non-hydrogen) atoms. The first-order chi connectivity index (χ1) is 10.5. The van der Waals surface area contributed by atoms with Crippen LogP contribution in [0.4, 0.5) is 0 Å². The number of fused-ring (bicyclic) bond motifs is 1. The summed E-state index contributed by atoms with van der Waals surface area (Å²) in [7, 11) is -3.37. The largest absolute Gasteiger partial charge is 0.236 e. The van der Waals surface area contributed by atoms with Crippen LogP contribution < -0.4 is 4.72 Å². The third-order valence-electron chi connectivity index (χ3n) is 5.37. The first-order valence-electron chi connectivity index (χ1n) is 8.28. The van der Waals surface area contributed by atoms with Crippen LogP contribution in [0.2, 0.25) is 0 Å². The highest BCUT2D eigenvalue weighted by Crippen LogP contribution is 2.32. The van der Waals surface area contributed by atoms with Crippen molar-refractivity contribution in [3.05, 3.63) is 40.3 Å². The van der Waals surface area contributed by atoms with E-state index in [1.54, 1.807) is 0 Å². The third-order valence-corrected chi connectivity index (χ3v) is 7.00. The molecule has 0 amide bonds. The molecule has 1 aromatic rings. The zero-order valence-electron chi connectivity index (χ0n) is 13.4. The minimum absolute atomic E-state index is 0.0758. The predicted molar refractivity (Wildman–Crippen MR) is 90.8 cm³/mol. The monoisotopic (exact) mass is 319 g/mol. The molecule has 0 aliphatic heterocycles. The molecule has 1 aromatic carbocycles. The Hall–Kier alpha value is -1.13. The SMILES string of the molecule is C[C@H]1[C@H](C)CCC[C@@H]1NS(=O)(=O)C1=Cc2ccccc2CC1. The van der Waals surface area contributed by atoms with E-state index >= 15 is 0 Å². The van der Waals surface area contributed by atoms with Crippen molar-refractivity contribution in [2.24, 2.45) is 11.8 Å². The van der Waals surface area contributed by atoms with Crippen molar-refractivity contribution in [2.45, 2.75) is 52.0 Å². The summed E-state index contributed by atoms with van der Waals surface area (Å²) < 4.78 is 28.5. The van der Waals surface area contributed by atoms with Crippen LogP contribution in [-0.2, 0) is 16.4 Å². The Morgan fingerprint density at radius 3 is 2.68 bits per heavy atom. The van der Waals surface area contributed by atoms with E-state index in [0.29, 0.717) is 23.2 Å². The average molecular weight is 319 g/mol. The van der Waals surface area contributed by atoms with Gasteiger partial charge in [-0.25, -0.2) is 13.1 Å². The second kappa shape index (κ2) is 6.17. The van der Waals surface area contributed by atoms with Gasteiger partial charge in [0.2, 0.25) is 10.0 Å². The van der Waals surface area contributed by atoms with Gasteiger partial charge in [-0.15, -0.1) is 0 Å². The number of allylic oxidation sites excluding steroid dienone is 1. The smallest absolute Gasteiger partial charge is 0.208 e. The van der Waals surface area contributed by atoms with Gasteiger partial charge in [0.1, 0.15) is 0 Å². The number of nitrogens with one attached hydrogen (secondary N) is 1. The predicted octanol–water partition coefficient (Wildman–Crippen LogP) is 3.72. The van der Waals surface area contributed by atoms with Gasteiger partial charge in [-0.05, 0) is 48.3 Å². The van der Waals surface area contributed by atoms with Crippen molar-refractivity contribution in [3.8, 4) is 0 Å². The van der Waals surface area contributed by atoms with Crippen molar-refractivity contribution in [3.63, 3.8) is 0 Å². The Kier molecular flexibility index (Phi) is 4.42. The van der Waals surface area contributed by atoms with Crippen molar-refractivity contribution >= 4 is 16.1 Å². The van der Waals surface area contributed by atoms with Gasteiger partial charge >= 0.3 is 0 Å². The van der Waals surface area contributed by atoms with Crippen molar-refractivity contribution in [1.29, 1.82) is 0 Å². The van der Waals surface area contributed by atoms with Crippen LogP contribution in [0, 0.1) is 11.8 Å². The quantitative estimate of drug-likeness (QED) is 0.923. The fraction of sp³-hybridized carbons (Fsp3) is 0.556. The summed E-state index contributed by atoms with van der Waals surface area (Å²) in [6.45, 7) is 4.39.